The SMILES string of the molecule is CCNC(C)C(C)c1ccccc1S(=O)(=O)NCC. The highest BCUT2D eigenvalue weighted by atomic mass is 32.2. The van der Waals surface area contributed by atoms with Crippen LogP contribution in [0.4, 0.5) is 0 Å². The molecule has 2 unspecified atom stereocenters. The molecule has 0 heterocycles. The van der Waals surface area contributed by atoms with Crippen LogP contribution in [0.1, 0.15) is 39.2 Å². The Labute approximate surface area is 116 Å². The van der Waals surface area contributed by atoms with Gasteiger partial charge in [-0.15, -0.1) is 0 Å². The van der Waals surface area contributed by atoms with Gasteiger partial charge in [0, 0.05) is 12.6 Å². The van der Waals surface area contributed by atoms with Crippen molar-refractivity contribution in [3.8, 4) is 0 Å². The minimum Gasteiger partial charge on any atom is -0.314 e. The van der Waals surface area contributed by atoms with Gasteiger partial charge in [-0.05, 0) is 31.0 Å². The predicted molar refractivity (Wildman–Crippen MR) is 78.9 cm³/mol. The van der Waals surface area contributed by atoms with Crippen LogP contribution in [0.2, 0.25) is 0 Å². The number of sulfonamides is 1. The highest BCUT2D eigenvalue weighted by Crippen LogP contribution is 2.26. The Morgan fingerprint density at radius 1 is 1.11 bits per heavy atom. The second-order valence-electron chi connectivity index (χ2n) is 4.67. The predicted octanol–water partition coefficient (Wildman–Crippen LogP) is 2.09. The van der Waals surface area contributed by atoms with E-state index in [1.807, 2.05) is 26.0 Å². The first-order valence-electron chi connectivity index (χ1n) is 6.76. The van der Waals surface area contributed by atoms with Gasteiger partial charge in [-0.2, -0.15) is 0 Å². The average Bonchev–Trinajstić information content (AvgIpc) is 2.38. The van der Waals surface area contributed by atoms with Crippen molar-refractivity contribution >= 4 is 10.0 Å². The number of hydrogen-bond donors (Lipinski definition) is 2. The van der Waals surface area contributed by atoms with E-state index in [0.717, 1.165) is 12.1 Å². The van der Waals surface area contributed by atoms with Crippen molar-refractivity contribution in [3.63, 3.8) is 0 Å². The first kappa shape index (κ1) is 16.1. The summed E-state index contributed by atoms with van der Waals surface area (Å²) in [6.07, 6.45) is 0. The minimum atomic E-state index is -3.41. The molecule has 0 bridgehead atoms. The molecule has 0 aliphatic rings. The van der Waals surface area contributed by atoms with Crippen molar-refractivity contribution in [1.82, 2.24) is 10.0 Å². The van der Waals surface area contributed by atoms with Crippen LogP contribution in [0.5, 0.6) is 0 Å². The summed E-state index contributed by atoms with van der Waals surface area (Å²) in [4.78, 5) is 0.383. The summed E-state index contributed by atoms with van der Waals surface area (Å²) in [5.74, 6) is 0.129. The Bertz CT molecular complexity index is 500. The molecule has 0 aliphatic heterocycles. The fourth-order valence-electron chi connectivity index (χ4n) is 2.14. The van der Waals surface area contributed by atoms with Gasteiger partial charge in [0.2, 0.25) is 10.0 Å². The third-order valence-corrected chi connectivity index (χ3v) is 4.93. The highest BCUT2D eigenvalue weighted by molar-refractivity contribution is 7.89. The van der Waals surface area contributed by atoms with Crippen molar-refractivity contribution in [2.75, 3.05) is 13.1 Å². The smallest absolute Gasteiger partial charge is 0.240 e. The number of rotatable bonds is 7. The number of likely N-dealkylation sites (N-methyl/N-ethyl adjacent to an activating group) is 1. The molecular weight excluding hydrogens is 260 g/mol. The van der Waals surface area contributed by atoms with E-state index in [9.17, 15) is 8.42 Å². The second-order valence-corrected chi connectivity index (χ2v) is 6.41. The summed E-state index contributed by atoms with van der Waals surface area (Å²) in [7, 11) is -3.41. The van der Waals surface area contributed by atoms with Crippen LogP contribution in [-0.2, 0) is 10.0 Å². The summed E-state index contributed by atoms with van der Waals surface area (Å²) in [6, 6.07) is 7.43. The standard InChI is InChI=1S/C14H24N2O2S/c1-5-15-12(4)11(3)13-9-7-8-10-14(13)19(17,18)16-6-2/h7-12,15-16H,5-6H2,1-4H3. The third-order valence-electron chi connectivity index (χ3n) is 3.31. The minimum absolute atomic E-state index is 0.129. The van der Waals surface area contributed by atoms with E-state index >= 15 is 0 Å². The second kappa shape index (κ2) is 7.03. The van der Waals surface area contributed by atoms with E-state index < -0.39 is 10.0 Å². The zero-order chi connectivity index (χ0) is 14.5. The molecule has 0 aromatic heterocycles. The van der Waals surface area contributed by atoms with Gasteiger partial charge in [0.05, 0.1) is 4.90 Å². The van der Waals surface area contributed by atoms with E-state index in [2.05, 4.69) is 17.0 Å². The van der Waals surface area contributed by atoms with Crippen molar-refractivity contribution in [1.29, 1.82) is 0 Å². The monoisotopic (exact) mass is 284 g/mol. The lowest BCUT2D eigenvalue weighted by Gasteiger charge is -2.23. The van der Waals surface area contributed by atoms with Crippen LogP contribution in [0.25, 0.3) is 0 Å². The fourth-order valence-corrected chi connectivity index (χ4v) is 3.49. The zero-order valence-electron chi connectivity index (χ0n) is 12.1. The summed E-state index contributed by atoms with van der Waals surface area (Å²) in [5.41, 5.74) is 0.858. The summed E-state index contributed by atoms with van der Waals surface area (Å²) in [6.45, 7) is 9.22. The van der Waals surface area contributed by atoms with E-state index in [1.54, 1.807) is 19.1 Å². The summed E-state index contributed by atoms with van der Waals surface area (Å²) >= 11 is 0. The molecule has 0 radical (unpaired) electrons. The first-order valence-corrected chi connectivity index (χ1v) is 8.24. The Morgan fingerprint density at radius 2 is 1.74 bits per heavy atom. The number of nitrogens with one attached hydrogen (secondary N) is 2. The maximum atomic E-state index is 12.2. The fraction of sp³-hybridized carbons (Fsp3) is 0.571. The zero-order valence-corrected chi connectivity index (χ0v) is 12.9. The van der Waals surface area contributed by atoms with Gasteiger partial charge in [0.15, 0.2) is 0 Å². The van der Waals surface area contributed by atoms with Gasteiger partial charge in [-0.3, -0.25) is 0 Å². The van der Waals surface area contributed by atoms with Crippen LogP contribution in [-0.4, -0.2) is 27.5 Å². The molecule has 1 rings (SSSR count). The first-order chi connectivity index (χ1) is 8.94. The Morgan fingerprint density at radius 3 is 2.32 bits per heavy atom. The molecule has 0 spiro atoms. The van der Waals surface area contributed by atoms with Crippen LogP contribution in [0, 0.1) is 0 Å². The third kappa shape index (κ3) is 4.03. The molecule has 1 aromatic carbocycles. The van der Waals surface area contributed by atoms with Crippen LogP contribution in [0.3, 0.4) is 0 Å². The van der Waals surface area contributed by atoms with Gasteiger partial charge in [0.25, 0.3) is 0 Å². The molecule has 19 heavy (non-hydrogen) atoms. The quantitative estimate of drug-likeness (QED) is 0.806. The Hall–Kier alpha value is -0.910. The molecule has 4 nitrogen and oxygen atoms in total. The van der Waals surface area contributed by atoms with Gasteiger partial charge in [-0.1, -0.05) is 39.0 Å². The van der Waals surface area contributed by atoms with Crippen molar-refractivity contribution in [2.45, 2.75) is 44.6 Å². The largest absolute Gasteiger partial charge is 0.314 e. The van der Waals surface area contributed by atoms with Gasteiger partial charge >= 0.3 is 0 Å². The van der Waals surface area contributed by atoms with E-state index in [-0.39, 0.29) is 12.0 Å². The van der Waals surface area contributed by atoms with Crippen LogP contribution >= 0.6 is 0 Å². The molecule has 0 fully saturated rings. The normalized spacial score (nSPS) is 15.2. The lowest BCUT2D eigenvalue weighted by atomic mass is 9.94. The molecule has 2 atom stereocenters. The van der Waals surface area contributed by atoms with Gasteiger partial charge < -0.3 is 5.32 Å². The Balaban J connectivity index is 3.16. The van der Waals surface area contributed by atoms with E-state index in [0.29, 0.717) is 11.4 Å². The van der Waals surface area contributed by atoms with Crippen LogP contribution in [0.15, 0.2) is 29.2 Å². The topological polar surface area (TPSA) is 58.2 Å². The Kier molecular flexibility index (Phi) is 5.97. The maximum absolute atomic E-state index is 12.2. The van der Waals surface area contributed by atoms with Crippen molar-refractivity contribution < 1.29 is 8.42 Å². The molecule has 0 saturated heterocycles. The van der Waals surface area contributed by atoms with E-state index in [4.69, 9.17) is 0 Å². The highest BCUT2D eigenvalue weighted by Gasteiger charge is 2.23. The lowest BCUT2D eigenvalue weighted by Crippen LogP contribution is -2.32. The molecular formula is C14H24N2O2S. The van der Waals surface area contributed by atoms with E-state index in [1.165, 1.54) is 0 Å². The molecule has 0 amide bonds. The van der Waals surface area contributed by atoms with Crippen LogP contribution < -0.4 is 10.0 Å². The molecule has 1 aromatic rings. The average molecular weight is 284 g/mol. The number of hydrogen-bond acceptors (Lipinski definition) is 3. The van der Waals surface area contributed by atoms with Crippen molar-refractivity contribution in [2.24, 2.45) is 0 Å². The number of benzene rings is 1. The maximum Gasteiger partial charge on any atom is 0.240 e. The molecule has 108 valence electrons. The van der Waals surface area contributed by atoms with Gasteiger partial charge in [-0.25, -0.2) is 13.1 Å². The molecule has 2 N–H and O–H groups in total. The lowest BCUT2D eigenvalue weighted by molar-refractivity contribution is 0.488. The van der Waals surface area contributed by atoms with Crippen molar-refractivity contribution in [3.05, 3.63) is 29.8 Å². The molecule has 5 heteroatoms. The molecule has 0 saturated carbocycles. The van der Waals surface area contributed by atoms with Gasteiger partial charge in [0.1, 0.15) is 0 Å². The summed E-state index contributed by atoms with van der Waals surface area (Å²) < 4.78 is 27.0. The molecule has 0 aliphatic carbocycles. The summed E-state index contributed by atoms with van der Waals surface area (Å²) in [5, 5.41) is 3.34.